The number of likely N-dealkylation sites (N-methyl/N-ethyl adjacent to an activating group) is 1. The van der Waals surface area contributed by atoms with Gasteiger partial charge >= 0.3 is 0 Å². The van der Waals surface area contributed by atoms with Crippen LogP contribution in [0.2, 0.25) is 5.02 Å². The number of ether oxygens (including phenoxy) is 1. The van der Waals surface area contributed by atoms with Crippen LogP contribution in [-0.2, 0) is 26.2 Å². The highest BCUT2D eigenvalue weighted by Gasteiger charge is 2.33. The molecule has 3 aromatic rings. The number of nitrogens with one attached hydrogen (secondary N) is 1. The van der Waals surface area contributed by atoms with Gasteiger partial charge in [-0.15, -0.1) is 0 Å². The van der Waals surface area contributed by atoms with Crippen molar-refractivity contribution in [3.63, 3.8) is 0 Å². The van der Waals surface area contributed by atoms with Gasteiger partial charge in [0.1, 0.15) is 18.3 Å². The number of benzene rings is 3. The fourth-order valence-electron chi connectivity index (χ4n) is 4.15. The Morgan fingerprint density at radius 2 is 1.74 bits per heavy atom. The monoisotopic (exact) mass is 557 g/mol. The van der Waals surface area contributed by atoms with Crippen LogP contribution in [0.15, 0.2) is 77.7 Å². The van der Waals surface area contributed by atoms with Gasteiger partial charge in [0.05, 0.1) is 22.7 Å². The average Bonchev–Trinajstić information content (AvgIpc) is 2.91. The van der Waals surface area contributed by atoms with Gasteiger partial charge in [-0.3, -0.25) is 13.9 Å². The Kier molecular flexibility index (Phi) is 9.77. The maximum Gasteiger partial charge on any atom is 0.264 e. The lowest BCUT2D eigenvalue weighted by Gasteiger charge is -2.33. The van der Waals surface area contributed by atoms with E-state index in [4.69, 9.17) is 16.3 Å². The molecular formula is C28H32ClN3O5S. The second-order valence-electron chi connectivity index (χ2n) is 8.69. The number of carbonyl (C=O) groups is 2. The van der Waals surface area contributed by atoms with Crippen molar-refractivity contribution in [3.05, 3.63) is 88.9 Å². The van der Waals surface area contributed by atoms with Crippen molar-refractivity contribution < 1.29 is 22.7 Å². The fraction of sp³-hybridized carbons (Fsp3) is 0.286. The molecule has 0 aliphatic carbocycles. The van der Waals surface area contributed by atoms with Gasteiger partial charge in [0.2, 0.25) is 11.8 Å². The summed E-state index contributed by atoms with van der Waals surface area (Å²) in [5, 5.41) is 2.81. The number of hydrogen-bond donors (Lipinski definition) is 1. The van der Waals surface area contributed by atoms with Gasteiger partial charge in [0.25, 0.3) is 10.0 Å². The first kappa shape index (κ1) is 29.0. The third-order valence-corrected chi connectivity index (χ3v) is 8.18. The Morgan fingerprint density at radius 1 is 1.03 bits per heavy atom. The Labute approximate surface area is 229 Å². The molecule has 0 aliphatic heterocycles. The zero-order valence-electron chi connectivity index (χ0n) is 21.8. The van der Waals surface area contributed by atoms with Crippen molar-refractivity contribution >= 4 is 39.1 Å². The van der Waals surface area contributed by atoms with E-state index in [0.717, 1.165) is 15.4 Å². The van der Waals surface area contributed by atoms with Crippen LogP contribution >= 0.6 is 11.6 Å². The minimum Gasteiger partial charge on any atom is -0.495 e. The smallest absolute Gasteiger partial charge is 0.264 e. The third kappa shape index (κ3) is 6.65. The summed E-state index contributed by atoms with van der Waals surface area (Å²) < 4.78 is 33.8. The van der Waals surface area contributed by atoms with E-state index >= 15 is 0 Å². The van der Waals surface area contributed by atoms with Crippen LogP contribution < -0.4 is 14.4 Å². The Balaban J connectivity index is 2.08. The molecule has 202 valence electrons. The average molecular weight is 558 g/mol. The van der Waals surface area contributed by atoms with Crippen LogP contribution in [0.3, 0.4) is 0 Å². The summed E-state index contributed by atoms with van der Waals surface area (Å²) in [6.45, 7) is 3.33. The molecular weight excluding hydrogens is 526 g/mol. The molecule has 0 saturated carbocycles. The van der Waals surface area contributed by atoms with Crippen LogP contribution in [0.4, 0.5) is 5.69 Å². The molecule has 0 saturated heterocycles. The van der Waals surface area contributed by atoms with E-state index in [2.05, 4.69) is 5.32 Å². The van der Waals surface area contributed by atoms with Crippen molar-refractivity contribution in [1.29, 1.82) is 0 Å². The van der Waals surface area contributed by atoms with Gasteiger partial charge in [-0.2, -0.15) is 0 Å². The van der Waals surface area contributed by atoms with E-state index in [1.54, 1.807) is 31.2 Å². The van der Waals surface area contributed by atoms with Crippen molar-refractivity contribution in [1.82, 2.24) is 10.2 Å². The van der Waals surface area contributed by atoms with Gasteiger partial charge in [-0.05, 0) is 49.2 Å². The molecule has 0 bridgehead atoms. The molecule has 0 aromatic heterocycles. The molecule has 10 heteroatoms. The largest absolute Gasteiger partial charge is 0.495 e. The first-order valence-electron chi connectivity index (χ1n) is 12.1. The highest BCUT2D eigenvalue weighted by atomic mass is 35.5. The van der Waals surface area contributed by atoms with Gasteiger partial charge in [-0.1, -0.05) is 66.6 Å². The van der Waals surface area contributed by atoms with Crippen LogP contribution in [0, 0.1) is 6.92 Å². The molecule has 0 aliphatic rings. The van der Waals surface area contributed by atoms with E-state index in [1.807, 2.05) is 31.2 Å². The highest BCUT2D eigenvalue weighted by Crippen LogP contribution is 2.32. The molecule has 0 spiro atoms. The molecule has 8 nitrogen and oxygen atoms in total. The molecule has 1 N–H and O–H groups in total. The zero-order chi connectivity index (χ0) is 27.9. The van der Waals surface area contributed by atoms with E-state index in [1.165, 1.54) is 43.3 Å². The maximum absolute atomic E-state index is 13.9. The van der Waals surface area contributed by atoms with Crippen LogP contribution in [0.25, 0.3) is 0 Å². The summed E-state index contributed by atoms with van der Waals surface area (Å²) >= 11 is 6.33. The number of aryl methyl sites for hydroxylation is 1. The summed E-state index contributed by atoms with van der Waals surface area (Å²) in [6, 6.07) is 19.2. The van der Waals surface area contributed by atoms with Gasteiger partial charge in [0, 0.05) is 13.6 Å². The molecule has 0 heterocycles. The van der Waals surface area contributed by atoms with Gasteiger partial charge in [-0.25, -0.2) is 8.42 Å². The normalized spacial score (nSPS) is 11.9. The summed E-state index contributed by atoms with van der Waals surface area (Å²) in [4.78, 5) is 28.1. The predicted octanol–water partition coefficient (Wildman–Crippen LogP) is 4.41. The van der Waals surface area contributed by atoms with E-state index in [-0.39, 0.29) is 28.1 Å². The Bertz CT molecular complexity index is 1380. The topological polar surface area (TPSA) is 96.0 Å². The quantitative estimate of drug-likeness (QED) is 0.377. The fourth-order valence-corrected chi connectivity index (χ4v) is 5.83. The van der Waals surface area contributed by atoms with Crippen LogP contribution in [0.5, 0.6) is 5.75 Å². The lowest BCUT2D eigenvalue weighted by Crippen LogP contribution is -2.51. The molecule has 2 amide bonds. The van der Waals surface area contributed by atoms with Crippen LogP contribution in [-0.4, -0.2) is 51.9 Å². The van der Waals surface area contributed by atoms with Crippen molar-refractivity contribution in [2.24, 2.45) is 0 Å². The molecule has 1 atom stereocenters. The predicted molar refractivity (Wildman–Crippen MR) is 149 cm³/mol. The number of nitrogens with zero attached hydrogens (tertiary/aromatic N) is 2. The lowest BCUT2D eigenvalue weighted by molar-refractivity contribution is -0.140. The standard InChI is InChI=1S/C28H32ClN3O5S/c1-5-25(28(34)30-3)31(18-21-11-9-10-20(2)16-21)27(33)19-32(22-14-15-26(37-4)24(29)17-22)38(35,36)23-12-7-6-8-13-23/h6-17,25H,5,18-19H2,1-4H3,(H,30,34)/t25-/m1/s1. The van der Waals surface area contributed by atoms with Crippen molar-refractivity contribution in [2.75, 3.05) is 25.0 Å². The van der Waals surface area contributed by atoms with E-state index in [9.17, 15) is 18.0 Å². The van der Waals surface area contributed by atoms with Gasteiger partial charge in [0.15, 0.2) is 0 Å². The first-order chi connectivity index (χ1) is 18.1. The number of carbonyl (C=O) groups excluding carboxylic acids is 2. The third-order valence-electron chi connectivity index (χ3n) is 6.10. The molecule has 38 heavy (non-hydrogen) atoms. The highest BCUT2D eigenvalue weighted by molar-refractivity contribution is 7.92. The minimum atomic E-state index is -4.17. The number of anilines is 1. The SMILES string of the molecule is CC[C@H](C(=O)NC)N(Cc1cccc(C)c1)C(=O)CN(c1ccc(OC)c(Cl)c1)S(=O)(=O)c1ccccc1. The molecule has 0 fully saturated rings. The van der Waals surface area contributed by atoms with E-state index < -0.39 is 28.5 Å². The number of methoxy groups -OCH3 is 1. The summed E-state index contributed by atoms with van der Waals surface area (Å²) in [5.74, 6) is -0.502. The number of rotatable bonds is 11. The summed E-state index contributed by atoms with van der Waals surface area (Å²) in [7, 11) is -1.21. The second kappa shape index (κ2) is 12.8. The Morgan fingerprint density at radius 3 is 2.32 bits per heavy atom. The summed E-state index contributed by atoms with van der Waals surface area (Å²) in [5.41, 5.74) is 2.02. The lowest BCUT2D eigenvalue weighted by atomic mass is 10.1. The Hall–Kier alpha value is -3.56. The second-order valence-corrected chi connectivity index (χ2v) is 11.0. The van der Waals surface area contributed by atoms with Crippen molar-refractivity contribution in [2.45, 2.75) is 37.8 Å². The molecule has 0 unspecified atom stereocenters. The zero-order valence-corrected chi connectivity index (χ0v) is 23.4. The van der Waals surface area contributed by atoms with Gasteiger partial charge < -0.3 is 15.0 Å². The number of hydrogen-bond acceptors (Lipinski definition) is 5. The minimum absolute atomic E-state index is 0.0170. The number of halogens is 1. The van der Waals surface area contributed by atoms with Crippen LogP contribution in [0.1, 0.15) is 24.5 Å². The first-order valence-corrected chi connectivity index (χ1v) is 13.9. The number of sulfonamides is 1. The van der Waals surface area contributed by atoms with Crippen molar-refractivity contribution in [3.8, 4) is 5.75 Å². The molecule has 3 rings (SSSR count). The molecule has 3 aromatic carbocycles. The summed E-state index contributed by atoms with van der Waals surface area (Å²) in [6.07, 6.45) is 0.344. The maximum atomic E-state index is 13.9. The van der Waals surface area contributed by atoms with E-state index in [0.29, 0.717) is 12.2 Å². The molecule has 0 radical (unpaired) electrons. The number of amides is 2.